The highest BCUT2D eigenvalue weighted by molar-refractivity contribution is 5.90. The number of anilines is 1. The Labute approximate surface area is 530 Å². The highest BCUT2D eigenvalue weighted by Crippen LogP contribution is 2.36. The minimum absolute atomic E-state index is 0.328. The molecule has 0 spiro atoms. The Bertz CT molecular complexity index is 4420. The molecule has 3 aliphatic rings. The van der Waals surface area contributed by atoms with Crippen LogP contribution in [0.5, 0.6) is 11.5 Å². The Hall–Kier alpha value is -9.26. The molecule has 8 aromatic heterocycles. The fourth-order valence-electron chi connectivity index (χ4n) is 12.6. The number of hydrogen-bond acceptors (Lipinski definition) is 18. The standard InChI is InChI=1S/C24H27FN6O.C24H26FN5O2.C21H22N6O/c1-15-14-31-24(28-15)22(27-9-10-32-2)13-21(30-31)18-11-17-3-4-20(16-5-7-26-8-6-16)29-23(17)19(25)12-18;1-15-14-30-24(27-15)22(32-10-9-31-2)13-21(29-30)18-11-17-3-4-20(16-5-7-26-8-6-16)28-23(17)19(25)12-18;1-27-12-16-9-15(11-19(28-2)20(16)26-27)21-23-17-4-3-14(10-18(17)24-25-21)13-5-7-22-8-6-13/h3-4,11-14,16,26-27H,5-10H2,1-2H3;3-4,11-14,16,26H,5-10H2,1-2H3;3-4,9-13,22H,5-8H2,1-2H3. The SMILES string of the molecule is COCCNc1cc(-c2cc(F)c3nc(C4CCNCC4)ccc3c2)nn2cc(C)nc12.COCCOc1cc(-c2cc(F)c3nc(C4CCNCC4)ccc3c2)nn2cc(C)nc12.COc1cc(-c2nnc3cc(C4CCNCC4)ccc3n2)cc2cn(C)nc12. The minimum Gasteiger partial charge on any atom is -0.494 e. The zero-order valence-corrected chi connectivity index (χ0v) is 52.6. The van der Waals surface area contributed by atoms with Crippen LogP contribution >= 0.6 is 0 Å². The largest absolute Gasteiger partial charge is 0.494 e. The molecule has 474 valence electrons. The Morgan fingerprint density at radius 1 is 0.511 bits per heavy atom. The second-order valence-electron chi connectivity index (χ2n) is 23.8. The lowest BCUT2D eigenvalue weighted by Gasteiger charge is -2.23. The summed E-state index contributed by atoms with van der Waals surface area (Å²) in [6.07, 6.45) is 12.1. The molecule has 0 saturated carbocycles. The second-order valence-corrected chi connectivity index (χ2v) is 23.8. The van der Waals surface area contributed by atoms with Gasteiger partial charge in [0.1, 0.15) is 46.1 Å². The average Bonchev–Trinajstić information content (AvgIpc) is 1.41. The molecule has 0 unspecified atom stereocenters. The van der Waals surface area contributed by atoms with Crippen LogP contribution in [-0.2, 0) is 16.5 Å². The predicted molar refractivity (Wildman–Crippen MR) is 353 cm³/mol. The molecular weight excluding hydrogens is 1170 g/mol. The number of pyridine rings is 2. The lowest BCUT2D eigenvalue weighted by molar-refractivity contribution is 0.147. The molecule has 0 aliphatic carbocycles. The molecule has 21 nitrogen and oxygen atoms in total. The lowest BCUT2D eigenvalue weighted by atomic mass is 9.90. The Kier molecular flexibility index (Phi) is 18.5. The second kappa shape index (κ2) is 27.7. The topological polar surface area (TPSA) is 228 Å². The van der Waals surface area contributed by atoms with Gasteiger partial charge in [-0.15, -0.1) is 10.2 Å². The van der Waals surface area contributed by atoms with Gasteiger partial charge in [-0.1, -0.05) is 18.2 Å². The van der Waals surface area contributed by atoms with Crippen LogP contribution in [-0.4, -0.2) is 151 Å². The highest BCUT2D eigenvalue weighted by Gasteiger charge is 2.23. The van der Waals surface area contributed by atoms with Gasteiger partial charge in [0.15, 0.2) is 22.9 Å². The van der Waals surface area contributed by atoms with Crippen molar-refractivity contribution in [3.8, 4) is 45.4 Å². The third-order valence-corrected chi connectivity index (χ3v) is 17.3. The Morgan fingerprint density at radius 3 is 1.70 bits per heavy atom. The molecule has 3 fully saturated rings. The number of rotatable bonds is 15. The number of aromatic nitrogens is 13. The number of nitrogens with one attached hydrogen (secondary N) is 4. The number of nitrogens with zero attached hydrogens (tertiary/aromatic N) is 13. The van der Waals surface area contributed by atoms with E-state index in [1.54, 1.807) is 41.1 Å². The zero-order chi connectivity index (χ0) is 63.2. The maximum absolute atomic E-state index is 15.2. The summed E-state index contributed by atoms with van der Waals surface area (Å²) in [5.74, 6) is 2.55. The quantitative estimate of drug-likeness (QED) is 0.0700. The molecule has 4 aromatic carbocycles. The average molecular weight is 1240 g/mol. The van der Waals surface area contributed by atoms with E-state index in [9.17, 15) is 0 Å². The number of imidazole rings is 2. The van der Waals surface area contributed by atoms with Crippen LogP contribution in [0, 0.1) is 25.5 Å². The van der Waals surface area contributed by atoms with Crippen LogP contribution in [0.15, 0.2) is 110 Å². The first kappa shape index (κ1) is 61.6. The van der Waals surface area contributed by atoms with E-state index in [0.29, 0.717) is 101 Å². The van der Waals surface area contributed by atoms with Crippen LogP contribution in [0.2, 0.25) is 0 Å². The number of halogens is 2. The molecule has 0 atom stereocenters. The molecule has 4 N–H and O–H groups in total. The van der Waals surface area contributed by atoms with Gasteiger partial charge in [0.25, 0.3) is 0 Å². The number of ether oxygens (including phenoxy) is 4. The van der Waals surface area contributed by atoms with Crippen molar-refractivity contribution in [2.24, 2.45) is 7.05 Å². The van der Waals surface area contributed by atoms with Gasteiger partial charge in [0.05, 0.1) is 66.7 Å². The van der Waals surface area contributed by atoms with Gasteiger partial charge in [0.2, 0.25) is 0 Å². The minimum atomic E-state index is -0.348. The number of fused-ring (bicyclic) bond motifs is 6. The van der Waals surface area contributed by atoms with Crippen molar-refractivity contribution in [2.45, 2.75) is 70.1 Å². The third-order valence-electron chi connectivity index (χ3n) is 17.3. The summed E-state index contributed by atoms with van der Waals surface area (Å²) in [5.41, 5.74) is 14.0. The first-order valence-corrected chi connectivity index (χ1v) is 31.5. The molecule has 3 saturated heterocycles. The van der Waals surface area contributed by atoms with E-state index in [-0.39, 0.29) is 11.6 Å². The molecule has 3 aliphatic heterocycles. The first-order valence-electron chi connectivity index (χ1n) is 31.5. The van der Waals surface area contributed by atoms with Crippen molar-refractivity contribution in [2.75, 3.05) is 92.3 Å². The van der Waals surface area contributed by atoms with Crippen LogP contribution in [0.4, 0.5) is 14.5 Å². The monoisotopic (exact) mass is 1240 g/mol. The van der Waals surface area contributed by atoms with Gasteiger partial charge in [-0.05, 0) is 170 Å². The molecule has 0 radical (unpaired) electrons. The summed E-state index contributed by atoms with van der Waals surface area (Å²) in [4.78, 5) is 23.2. The van der Waals surface area contributed by atoms with E-state index in [1.807, 2.05) is 94.1 Å². The smallest absolute Gasteiger partial charge is 0.196 e. The van der Waals surface area contributed by atoms with Gasteiger partial charge < -0.3 is 40.2 Å². The van der Waals surface area contributed by atoms with Crippen molar-refractivity contribution in [1.82, 2.24) is 80.1 Å². The van der Waals surface area contributed by atoms with Crippen molar-refractivity contribution in [3.63, 3.8) is 0 Å². The molecule has 23 heteroatoms. The predicted octanol–water partition coefficient (Wildman–Crippen LogP) is 10.9. The number of benzene rings is 4. The van der Waals surface area contributed by atoms with E-state index in [2.05, 4.69) is 84.9 Å². The maximum Gasteiger partial charge on any atom is 0.196 e. The summed E-state index contributed by atoms with van der Waals surface area (Å²) < 4.78 is 57.2. The highest BCUT2D eigenvalue weighted by atomic mass is 19.1. The van der Waals surface area contributed by atoms with E-state index >= 15 is 8.78 Å². The fourth-order valence-corrected chi connectivity index (χ4v) is 12.6. The van der Waals surface area contributed by atoms with Gasteiger partial charge in [-0.25, -0.2) is 42.7 Å². The van der Waals surface area contributed by atoms with E-state index in [1.165, 1.54) is 17.7 Å². The third kappa shape index (κ3) is 13.5. The molecular formula is C69H75F2N17O4. The van der Waals surface area contributed by atoms with Crippen LogP contribution < -0.4 is 30.7 Å². The maximum atomic E-state index is 15.2. The lowest BCUT2D eigenvalue weighted by Crippen LogP contribution is -2.27. The van der Waals surface area contributed by atoms with Gasteiger partial charge in [0, 0.05) is 96.1 Å². The van der Waals surface area contributed by atoms with E-state index in [4.69, 9.17) is 23.9 Å². The van der Waals surface area contributed by atoms with Crippen molar-refractivity contribution in [3.05, 3.63) is 150 Å². The molecule has 15 rings (SSSR count). The van der Waals surface area contributed by atoms with Crippen LogP contribution in [0.1, 0.15) is 84.6 Å². The number of aryl methyl sites for hydroxylation is 3. The van der Waals surface area contributed by atoms with Crippen molar-refractivity contribution < 1.29 is 27.7 Å². The molecule has 12 aromatic rings. The first-order chi connectivity index (χ1) is 44.9. The molecule has 0 amide bonds. The summed E-state index contributed by atoms with van der Waals surface area (Å²) in [5, 5.41) is 38.6. The fraction of sp³-hybridized carbons (Fsp3) is 0.362. The Balaban J connectivity index is 0.000000126. The van der Waals surface area contributed by atoms with E-state index < -0.39 is 0 Å². The summed E-state index contributed by atoms with van der Waals surface area (Å²) in [7, 11) is 6.83. The summed E-state index contributed by atoms with van der Waals surface area (Å²) in [6, 6.07) is 28.9. The van der Waals surface area contributed by atoms with E-state index in [0.717, 1.165) is 150 Å². The number of piperidine rings is 3. The van der Waals surface area contributed by atoms with Gasteiger partial charge in [-0.3, -0.25) is 4.68 Å². The number of hydrogen-bond donors (Lipinski definition) is 4. The van der Waals surface area contributed by atoms with Crippen LogP contribution in [0.25, 0.3) is 88.9 Å². The molecule has 11 heterocycles. The van der Waals surface area contributed by atoms with Crippen LogP contribution in [0.3, 0.4) is 0 Å². The Morgan fingerprint density at radius 2 is 1.09 bits per heavy atom. The van der Waals surface area contributed by atoms with Crippen molar-refractivity contribution >= 4 is 60.7 Å². The van der Waals surface area contributed by atoms with Gasteiger partial charge >= 0.3 is 0 Å². The summed E-state index contributed by atoms with van der Waals surface area (Å²) >= 11 is 0. The normalized spacial score (nSPS) is 15.1. The van der Waals surface area contributed by atoms with Gasteiger partial charge in [-0.2, -0.15) is 15.3 Å². The zero-order valence-electron chi connectivity index (χ0n) is 52.6. The summed E-state index contributed by atoms with van der Waals surface area (Å²) in [6.45, 7) is 11.9. The molecule has 0 bridgehead atoms. The van der Waals surface area contributed by atoms with Crippen molar-refractivity contribution in [1.29, 1.82) is 0 Å². The molecule has 92 heavy (non-hydrogen) atoms. The number of methoxy groups -OCH3 is 3.